The first-order valence-electron chi connectivity index (χ1n) is 23.8. The van der Waals surface area contributed by atoms with Crippen LogP contribution in [0.4, 0.5) is 27.8 Å². The predicted octanol–water partition coefficient (Wildman–Crippen LogP) is 10.1. The Hall–Kier alpha value is -6.32. The number of benzene rings is 1. The van der Waals surface area contributed by atoms with Gasteiger partial charge in [-0.15, -0.1) is 0 Å². The molecule has 368 valence electrons. The molecule has 7 heterocycles. The van der Waals surface area contributed by atoms with Gasteiger partial charge in [0, 0.05) is 48.2 Å². The Labute approximate surface area is 402 Å². The first-order chi connectivity index (χ1) is 32.0. The molecule has 0 unspecified atom stereocenters. The Bertz CT molecular complexity index is 2100. The smallest absolute Gasteiger partial charge is 0.416 e. The summed E-state index contributed by atoms with van der Waals surface area (Å²) in [6.07, 6.45) is 3.23. The molecule has 0 N–H and O–H groups in total. The summed E-state index contributed by atoms with van der Waals surface area (Å²) in [7, 11) is 0. The molecular weight excluding hydrogens is 865 g/mol. The van der Waals surface area contributed by atoms with Crippen molar-refractivity contribution in [3.05, 3.63) is 77.0 Å². The van der Waals surface area contributed by atoms with Gasteiger partial charge in [0.2, 0.25) is 5.88 Å². The molecule has 0 saturated heterocycles. The molecular formula is C52H72N8O8. The lowest BCUT2D eigenvalue weighted by Gasteiger charge is -2.33. The van der Waals surface area contributed by atoms with Crippen LogP contribution in [0.5, 0.6) is 17.4 Å². The number of carbonyl (C=O) groups is 4. The van der Waals surface area contributed by atoms with E-state index in [1.165, 1.54) is 5.56 Å². The number of cyclic esters (lactones) is 1. The van der Waals surface area contributed by atoms with Gasteiger partial charge in [0.25, 0.3) is 17.7 Å². The van der Waals surface area contributed by atoms with Crippen molar-refractivity contribution in [1.29, 1.82) is 0 Å². The molecule has 68 heavy (non-hydrogen) atoms. The molecule has 1 aromatic carbocycles. The van der Waals surface area contributed by atoms with Gasteiger partial charge in [-0.05, 0) is 115 Å². The molecule has 0 radical (unpaired) electrons. The van der Waals surface area contributed by atoms with Crippen molar-refractivity contribution < 1.29 is 38.1 Å². The van der Waals surface area contributed by atoms with E-state index in [4.69, 9.17) is 18.9 Å². The minimum atomic E-state index is -0.332. The van der Waals surface area contributed by atoms with E-state index < -0.39 is 0 Å². The highest BCUT2D eigenvalue weighted by Crippen LogP contribution is 2.37. The molecule has 8 rings (SSSR count). The first kappa shape index (κ1) is 52.6. The zero-order chi connectivity index (χ0) is 50.3. The topological polar surface area (TPSA) is 170 Å². The van der Waals surface area contributed by atoms with Crippen molar-refractivity contribution in [3.8, 4) is 17.4 Å². The van der Waals surface area contributed by atoms with Gasteiger partial charge in [0.15, 0.2) is 31.4 Å². The van der Waals surface area contributed by atoms with Crippen molar-refractivity contribution in [2.24, 2.45) is 0 Å². The Kier molecular flexibility index (Phi) is 17.5. The fraction of sp³-hybridized carbons (Fsp3) is 0.538. The van der Waals surface area contributed by atoms with Gasteiger partial charge < -0.3 is 28.7 Å². The van der Waals surface area contributed by atoms with Gasteiger partial charge in [0.1, 0.15) is 29.7 Å². The summed E-state index contributed by atoms with van der Waals surface area (Å²) in [6, 6.07) is 12.4. The van der Waals surface area contributed by atoms with E-state index in [0.29, 0.717) is 41.0 Å². The highest BCUT2D eigenvalue weighted by Gasteiger charge is 2.33. The Morgan fingerprint density at radius 2 is 0.985 bits per heavy atom. The van der Waals surface area contributed by atoms with Crippen LogP contribution in [0.1, 0.15) is 163 Å². The van der Waals surface area contributed by atoms with E-state index in [-0.39, 0.29) is 80.3 Å². The lowest BCUT2D eigenvalue weighted by Crippen LogP contribution is -2.43. The number of hydrogen-bond donors (Lipinski definition) is 0. The van der Waals surface area contributed by atoms with Crippen LogP contribution in [0, 0.1) is 0 Å². The third kappa shape index (κ3) is 12.2. The number of rotatable bonds is 8. The summed E-state index contributed by atoms with van der Waals surface area (Å²) in [5, 5.41) is 0. The van der Waals surface area contributed by atoms with E-state index in [1.807, 2.05) is 105 Å². The van der Waals surface area contributed by atoms with Gasteiger partial charge in [-0.3, -0.25) is 24.2 Å². The zero-order valence-corrected chi connectivity index (χ0v) is 42.9. The number of carbonyl (C=O) groups excluding carboxylic acids is 4. The summed E-state index contributed by atoms with van der Waals surface area (Å²) in [5.41, 5.74) is 5.89. The minimum Gasteiger partial charge on any atom is -0.482 e. The van der Waals surface area contributed by atoms with E-state index in [0.717, 1.165) is 39.8 Å². The van der Waals surface area contributed by atoms with Crippen LogP contribution < -0.4 is 33.8 Å². The van der Waals surface area contributed by atoms with Crippen molar-refractivity contribution in [2.75, 3.05) is 39.4 Å². The van der Waals surface area contributed by atoms with Crippen LogP contribution in [0.15, 0.2) is 48.8 Å². The predicted molar refractivity (Wildman–Crippen MR) is 265 cm³/mol. The number of hydrogen-bond acceptors (Lipinski definition) is 12. The number of nitrogens with zero attached hydrogens (tertiary/aromatic N) is 8. The van der Waals surface area contributed by atoms with E-state index in [1.54, 1.807) is 20.9 Å². The highest BCUT2D eigenvalue weighted by molar-refractivity contribution is 5.99. The molecule has 16 nitrogen and oxygen atoms in total. The number of fused-ring (bicyclic) bond motifs is 4. The van der Waals surface area contributed by atoms with Crippen LogP contribution >= 0.6 is 0 Å². The number of pyridine rings is 2. The van der Waals surface area contributed by atoms with Crippen LogP contribution in [0.2, 0.25) is 0 Å². The fourth-order valence-electron chi connectivity index (χ4n) is 7.74. The van der Waals surface area contributed by atoms with Crippen molar-refractivity contribution >= 4 is 46.8 Å². The molecule has 0 spiro atoms. The second-order valence-electron chi connectivity index (χ2n) is 19.5. The van der Waals surface area contributed by atoms with Gasteiger partial charge >= 0.3 is 6.09 Å². The molecule has 0 atom stereocenters. The van der Waals surface area contributed by atoms with Gasteiger partial charge in [-0.25, -0.2) is 24.7 Å². The van der Waals surface area contributed by atoms with E-state index >= 15 is 0 Å². The SMILES string of the molecule is CC(C)c1ccc2c(c1)N(C(C)C)C(=O)CO2.CC(C)c1ccc2c(n1)N(C(C)C)C(=O)CO2.CC(C)c1cnc2c(c1)N(C(C)C)C(=O)CO2.CC(C)c1ncc2c(n1)N(C(C)C)C(=O)OC2. The van der Waals surface area contributed by atoms with Gasteiger partial charge in [-0.2, -0.15) is 0 Å². The number of amides is 4. The summed E-state index contributed by atoms with van der Waals surface area (Å²) in [5.74, 6) is 5.59. The third-order valence-corrected chi connectivity index (χ3v) is 11.4. The maximum atomic E-state index is 11.9. The van der Waals surface area contributed by atoms with E-state index in [9.17, 15) is 19.2 Å². The summed E-state index contributed by atoms with van der Waals surface area (Å²) in [4.78, 5) is 71.8. The standard InChI is InChI=1S/C14H19NO2.2C13H18N2O2.C12H17N3O2/c1-9(2)11-5-6-13-12(7-11)15(10(3)4)14(16)8-17-13;1-8(2)10-5-11-13(14-6-10)17-7-12(16)15(11)9(3)4;1-8(2)10-5-6-11-13(14-10)15(9(3)4)12(16)7-17-11;1-7(2)10-13-5-9-6-17-12(16)15(8(3)4)11(9)14-10/h5-7,9-10H,8H2,1-4H3;2*5-6,8-9H,7H2,1-4H3;5,7-8H,6H2,1-4H3. The summed E-state index contributed by atoms with van der Waals surface area (Å²) < 4.78 is 21.3. The number of anilines is 4. The molecule has 0 fully saturated rings. The largest absolute Gasteiger partial charge is 0.482 e. The second kappa shape index (κ2) is 22.7. The molecule has 4 aromatic rings. The Morgan fingerprint density at radius 3 is 1.54 bits per heavy atom. The molecule has 0 aliphatic carbocycles. The molecule has 4 amide bonds. The molecule has 4 aliphatic rings. The Balaban J connectivity index is 0.000000169. The van der Waals surface area contributed by atoms with Crippen molar-refractivity contribution in [1.82, 2.24) is 19.9 Å². The second-order valence-corrected chi connectivity index (χ2v) is 19.5. The monoisotopic (exact) mass is 937 g/mol. The molecule has 0 bridgehead atoms. The summed E-state index contributed by atoms with van der Waals surface area (Å²) in [6.45, 7) is 33.2. The average Bonchev–Trinajstić information content (AvgIpc) is 3.27. The normalized spacial score (nSPS) is 15.2. The molecule has 16 heteroatoms. The number of aromatic nitrogens is 4. The maximum Gasteiger partial charge on any atom is 0.416 e. The lowest BCUT2D eigenvalue weighted by molar-refractivity contribution is -0.122. The summed E-state index contributed by atoms with van der Waals surface area (Å²) >= 11 is 0. The lowest BCUT2D eigenvalue weighted by atomic mass is 10.0. The maximum absolute atomic E-state index is 11.9. The third-order valence-electron chi connectivity index (χ3n) is 11.4. The first-order valence-corrected chi connectivity index (χ1v) is 23.8. The molecule has 4 aliphatic heterocycles. The number of ether oxygens (including phenoxy) is 4. The van der Waals surface area contributed by atoms with Crippen LogP contribution in [-0.4, -0.2) is 87.7 Å². The molecule has 3 aromatic heterocycles. The average molecular weight is 937 g/mol. The van der Waals surface area contributed by atoms with Crippen molar-refractivity contribution in [2.45, 2.75) is 165 Å². The van der Waals surface area contributed by atoms with Crippen LogP contribution in [0.25, 0.3) is 0 Å². The van der Waals surface area contributed by atoms with Crippen LogP contribution in [0.3, 0.4) is 0 Å². The quantitative estimate of drug-likeness (QED) is 0.164. The van der Waals surface area contributed by atoms with Crippen LogP contribution in [-0.2, 0) is 25.7 Å². The van der Waals surface area contributed by atoms with Crippen molar-refractivity contribution in [3.63, 3.8) is 0 Å². The van der Waals surface area contributed by atoms with E-state index in [2.05, 4.69) is 73.6 Å². The van der Waals surface area contributed by atoms with Gasteiger partial charge in [0.05, 0.1) is 11.3 Å². The highest BCUT2D eigenvalue weighted by atomic mass is 16.6. The van der Waals surface area contributed by atoms with Gasteiger partial charge in [-0.1, -0.05) is 61.5 Å². The zero-order valence-electron chi connectivity index (χ0n) is 42.9. The molecule has 0 saturated carbocycles. The minimum absolute atomic E-state index is 0.00444. The fourth-order valence-corrected chi connectivity index (χ4v) is 7.74. The Morgan fingerprint density at radius 1 is 0.456 bits per heavy atom.